The van der Waals surface area contributed by atoms with Crippen LogP contribution in [0.5, 0.6) is 0 Å². The number of anilines is 3. The Labute approximate surface area is 166 Å². The molecular formula is C18H21N9O2. The van der Waals surface area contributed by atoms with Crippen LogP contribution in [-0.4, -0.2) is 56.2 Å². The van der Waals surface area contributed by atoms with Gasteiger partial charge in [0.2, 0.25) is 5.95 Å². The Balaban J connectivity index is 1.60. The number of hydrogen-bond acceptors (Lipinski definition) is 9. The lowest BCUT2D eigenvalue weighted by molar-refractivity contribution is 0.0751. The van der Waals surface area contributed by atoms with Crippen LogP contribution in [0.1, 0.15) is 16.8 Å². The molecule has 2 aromatic heterocycles. The maximum absolute atomic E-state index is 11.8. The summed E-state index contributed by atoms with van der Waals surface area (Å²) in [6.07, 6.45) is 5.32. The summed E-state index contributed by atoms with van der Waals surface area (Å²) >= 11 is 0. The fourth-order valence-corrected chi connectivity index (χ4v) is 3.03. The van der Waals surface area contributed by atoms with Gasteiger partial charge in [-0.25, -0.2) is 4.98 Å². The van der Waals surface area contributed by atoms with Crippen LogP contribution in [0, 0.1) is 0 Å². The first-order valence-electron chi connectivity index (χ1n) is 9.10. The number of aromatic nitrogens is 5. The highest BCUT2D eigenvalue weighted by Crippen LogP contribution is 2.22. The van der Waals surface area contributed by atoms with Gasteiger partial charge >= 0.3 is 0 Å². The standard InChI is InChI=1S/C18H21N9O2/c19-14-10-29-7-4-15(14)25-18-21-9-13(16(20)28)17(26-18)24-11-2-1-3-12(8-11)27-22-5-6-23-27/h1-3,5-6,8-9,14-15H,4,7,10,19H2,(H2,20,28)(H2,21,24,25,26)/t14-,15+/m0/s1. The van der Waals surface area contributed by atoms with Crippen molar-refractivity contribution in [2.24, 2.45) is 11.5 Å². The van der Waals surface area contributed by atoms with Crippen LogP contribution in [0.2, 0.25) is 0 Å². The molecule has 3 heterocycles. The first-order valence-corrected chi connectivity index (χ1v) is 9.10. The molecule has 3 aromatic rings. The van der Waals surface area contributed by atoms with Crippen molar-refractivity contribution < 1.29 is 9.53 Å². The fraction of sp³-hybridized carbons (Fsp3) is 0.278. The van der Waals surface area contributed by atoms with Gasteiger partial charge in [0.15, 0.2) is 0 Å². The molecule has 0 spiro atoms. The molecule has 1 aliphatic rings. The second-order valence-electron chi connectivity index (χ2n) is 6.59. The largest absolute Gasteiger partial charge is 0.380 e. The van der Waals surface area contributed by atoms with Crippen LogP contribution < -0.4 is 22.1 Å². The first kappa shape index (κ1) is 18.8. The van der Waals surface area contributed by atoms with Crippen LogP contribution in [-0.2, 0) is 4.74 Å². The molecule has 1 aromatic carbocycles. The lowest BCUT2D eigenvalue weighted by Crippen LogP contribution is -2.47. The zero-order valence-corrected chi connectivity index (χ0v) is 15.5. The Morgan fingerprint density at radius 1 is 1.28 bits per heavy atom. The molecule has 29 heavy (non-hydrogen) atoms. The number of ether oxygens (including phenoxy) is 1. The summed E-state index contributed by atoms with van der Waals surface area (Å²) in [5.74, 6) is 0.0117. The molecule has 6 N–H and O–H groups in total. The summed E-state index contributed by atoms with van der Waals surface area (Å²) in [6.45, 7) is 1.08. The maximum atomic E-state index is 11.8. The Morgan fingerprint density at radius 2 is 2.10 bits per heavy atom. The minimum atomic E-state index is -0.633. The second-order valence-corrected chi connectivity index (χ2v) is 6.59. The van der Waals surface area contributed by atoms with E-state index in [1.807, 2.05) is 24.3 Å². The van der Waals surface area contributed by atoms with E-state index in [0.29, 0.717) is 30.7 Å². The average molecular weight is 395 g/mol. The van der Waals surface area contributed by atoms with E-state index in [9.17, 15) is 4.79 Å². The van der Waals surface area contributed by atoms with Crippen LogP contribution in [0.3, 0.4) is 0 Å². The van der Waals surface area contributed by atoms with E-state index in [1.54, 1.807) is 12.4 Å². The maximum Gasteiger partial charge on any atom is 0.254 e. The Bertz CT molecular complexity index is 993. The van der Waals surface area contributed by atoms with Gasteiger partial charge < -0.3 is 26.8 Å². The highest BCUT2D eigenvalue weighted by molar-refractivity contribution is 5.98. The summed E-state index contributed by atoms with van der Waals surface area (Å²) in [4.78, 5) is 22.0. The molecule has 4 rings (SSSR count). The SMILES string of the molecule is NC(=O)c1cnc(N[C@@H]2CCOC[C@@H]2N)nc1Nc1cccc(-n2nccn2)c1. The summed E-state index contributed by atoms with van der Waals surface area (Å²) in [7, 11) is 0. The van der Waals surface area contributed by atoms with Gasteiger partial charge in [0.05, 0.1) is 24.7 Å². The van der Waals surface area contributed by atoms with Crippen molar-refractivity contribution in [1.82, 2.24) is 25.0 Å². The van der Waals surface area contributed by atoms with Crippen molar-refractivity contribution in [2.75, 3.05) is 23.8 Å². The van der Waals surface area contributed by atoms with E-state index in [-0.39, 0.29) is 17.6 Å². The second kappa shape index (κ2) is 8.20. The van der Waals surface area contributed by atoms with Gasteiger partial charge in [-0.1, -0.05) is 6.07 Å². The number of nitrogens with two attached hydrogens (primary N) is 2. The van der Waals surface area contributed by atoms with Crippen LogP contribution in [0.15, 0.2) is 42.9 Å². The van der Waals surface area contributed by atoms with E-state index in [1.165, 1.54) is 11.0 Å². The third kappa shape index (κ3) is 4.31. The number of rotatable bonds is 6. The molecule has 11 heteroatoms. The molecule has 1 aliphatic heterocycles. The topological polar surface area (TPSA) is 159 Å². The van der Waals surface area contributed by atoms with E-state index < -0.39 is 5.91 Å². The summed E-state index contributed by atoms with van der Waals surface area (Å²) in [5, 5.41) is 14.6. The molecule has 1 amide bonds. The molecular weight excluding hydrogens is 374 g/mol. The molecule has 150 valence electrons. The highest BCUT2D eigenvalue weighted by Gasteiger charge is 2.23. The molecule has 0 aliphatic carbocycles. The van der Waals surface area contributed by atoms with Crippen LogP contribution in [0.25, 0.3) is 5.69 Å². The number of carbonyl (C=O) groups is 1. The van der Waals surface area contributed by atoms with Crippen LogP contribution >= 0.6 is 0 Å². The van der Waals surface area contributed by atoms with Gasteiger partial charge in [-0.3, -0.25) is 4.79 Å². The Hall–Kier alpha value is -3.57. The third-order valence-electron chi connectivity index (χ3n) is 4.53. The molecule has 0 bridgehead atoms. The molecule has 0 saturated carbocycles. The predicted molar refractivity (Wildman–Crippen MR) is 106 cm³/mol. The van der Waals surface area contributed by atoms with Crippen molar-refractivity contribution >= 4 is 23.4 Å². The van der Waals surface area contributed by atoms with E-state index in [2.05, 4.69) is 30.8 Å². The number of primary amides is 1. The van der Waals surface area contributed by atoms with Crippen LogP contribution in [0.4, 0.5) is 17.5 Å². The van der Waals surface area contributed by atoms with Gasteiger partial charge in [0.1, 0.15) is 11.4 Å². The summed E-state index contributed by atoms with van der Waals surface area (Å²) in [5.41, 5.74) is 13.2. The highest BCUT2D eigenvalue weighted by atomic mass is 16.5. The van der Waals surface area contributed by atoms with Gasteiger partial charge in [-0.05, 0) is 24.6 Å². The van der Waals surface area contributed by atoms with Crippen molar-refractivity contribution in [3.8, 4) is 5.69 Å². The third-order valence-corrected chi connectivity index (χ3v) is 4.53. The van der Waals surface area contributed by atoms with Crippen molar-refractivity contribution in [1.29, 1.82) is 0 Å². The number of hydrogen-bond donors (Lipinski definition) is 4. The molecule has 0 radical (unpaired) electrons. The summed E-state index contributed by atoms with van der Waals surface area (Å²) < 4.78 is 5.35. The normalized spacial score (nSPS) is 18.9. The quantitative estimate of drug-likeness (QED) is 0.464. The molecule has 11 nitrogen and oxygen atoms in total. The summed E-state index contributed by atoms with van der Waals surface area (Å²) in [6, 6.07) is 7.17. The minimum Gasteiger partial charge on any atom is -0.380 e. The van der Waals surface area contributed by atoms with Gasteiger partial charge in [0, 0.05) is 30.6 Å². The molecule has 0 unspecified atom stereocenters. The number of nitrogens with zero attached hydrogens (tertiary/aromatic N) is 5. The van der Waals surface area contributed by atoms with Gasteiger partial charge in [-0.2, -0.15) is 20.0 Å². The van der Waals surface area contributed by atoms with Gasteiger partial charge in [0.25, 0.3) is 5.91 Å². The van der Waals surface area contributed by atoms with Crippen molar-refractivity contribution in [3.63, 3.8) is 0 Å². The lowest BCUT2D eigenvalue weighted by Gasteiger charge is -2.29. The molecule has 2 atom stereocenters. The number of nitrogens with one attached hydrogen (secondary N) is 2. The van der Waals surface area contributed by atoms with E-state index >= 15 is 0 Å². The number of amides is 1. The fourth-order valence-electron chi connectivity index (χ4n) is 3.03. The van der Waals surface area contributed by atoms with Crippen molar-refractivity contribution in [2.45, 2.75) is 18.5 Å². The van der Waals surface area contributed by atoms with E-state index in [4.69, 9.17) is 16.2 Å². The number of carbonyl (C=O) groups excluding carboxylic acids is 1. The molecule has 1 saturated heterocycles. The Kier molecular flexibility index (Phi) is 5.31. The monoisotopic (exact) mass is 395 g/mol. The minimum absolute atomic E-state index is 0.0229. The first-order chi connectivity index (χ1) is 14.1. The molecule has 1 fully saturated rings. The average Bonchev–Trinajstić information content (AvgIpc) is 3.25. The smallest absolute Gasteiger partial charge is 0.254 e. The van der Waals surface area contributed by atoms with Crippen molar-refractivity contribution in [3.05, 3.63) is 48.4 Å². The number of benzene rings is 1. The van der Waals surface area contributed by atoms with Gasteiger partial charge in [-0.15, -0.1) is 0 Å². The zero-order valence-electron chi connectivity index (χ0n) is 15.5. The predicted octanol–water partition coefficient (Wildman–Crippen LogP) is 0.428. The zero-order chi connectivity index (χ0) is 20.2. The van der Waals surface area contributed by atoms with E-state index in [0.717, 1.165) is 12.1 Å². The Morgan fingerprint density at radius 3 is 2.86 bits per heavy atom. The lowest BCUT2D eigenvalue weighted by atomic mass is 10.1.